The van der Waals surface area contributed by atoms with Crippen LogP contribution in [0.3, 0.4) is 0 Å². The zero-order valence-electron chi connectivity index (χ0n) is 10.2. The molecule has 7 heteroatoms. The SMILES string of the molecule is CO[Si](CCCC1=CC(=O)NC1=O)(OC)OC. The van der Waals surface area contributed by atoms with Crippen LogP contribution in [0.15, 0.2) is 11.6 Å². The fourth-order valence-corrected chi connectivity index (χ4v) is 3.41. The molecule has 0 bridgehead atoms. The van der Waals surface area contributed by atoms with Crippen LogP contribution >= 0.6 is 0 Å². The molecule has 96 valence electrons. The van der Waals surface area contributed by atoms with Crippen molar-refractivity contribution >= 4 is 20.6 Å². The van der Waals surface area contributed by atoms with E-state index >= 15 is 0 Å². The van der Waals surface area contributed by atoms with E-state index in [0.29, 0.717) is 24.5 Å². The summed E-state index contributed by atoms with van der Waals surface area (Å²) in [6, 6.07) is 0.606. The Morgan fingerprint density at radius 2 is 1.76 bits per heavy atom. The van der Waals surface area contributed by atoms with Gasteiger partial charge in [-0.1, -0.05) is 0 Å². The highest BCUT2D eigenvalue weighted by Crippen LogP contribution is 2.19. The Labute approximate surface area is 101 Å². The Hall–Kier alpha value is -1.02. The van der Waals surface area contributed by atoms with Crippen molar-refractivity contribution in [1.82, 2.24) is 5.32 Å². The molecule has 0 spiro atoms. The quantitative estimate of drug-likeness (QED) is 0.523. The van der Waals surface area contributed by atoms with E-state index in [1.165, 1.54) is 6.08 Å². The van der Waals surface area contributed by atoms with Crippen LogP contribution in [0.2, 0.25) is 6.04 Å². The molecule has 0 saturated heterocycles. The van der Waals surface area contributed by atoms with Crippen molar-refractivity contribution in [3.63, 3.8) is 0 Å². The lowest BCUT2D eigenvalue weighted by atomic mass is 10.1. The van der Waals surface area contributed by atoms with Crippen LogP contribution in [0.25, 0.3) is 0 Å². The molecule has 0 fully saturated rings. The summed E-state index contributed by atoms with van der Waals surface area (Å²) in [5.41, 5.74) is 0.501. The van der Waals surface area contributed by atoms with Crippen LogP contribution in [0.1, 0.15) is 12.8 Å². The Kier molecular flexibility index (Phi) is 5.00. The number of hydrogen-bond donors (Lipinski definition) is 1. The first kappa shape index (κ1) is 14.0. The smallest absolute Gasteiger partial charge is 0.377 e. The van der Waals surface area contributed by atoms with Gasteiger partial charge in [0.25, 0.3) is 11.8 Å². The minimum absolute atomic E-state index is 0.311. The van der Waals surface area contributed by atoms with Crippen molar-refractivity contribution in [3.8, 4) is 0 Å². The van der Waals surface area contributed by atoms with Crippen LogP contribution in [0.4, 0.5) is 0 Å². The molecule has 0 aromatic carbocycles. The lowest BCUT2D eigenvalue weighted by Gasteiger charge is -2.24. The average Bonchev–Trinajstić information content (AvgIpc) is 2.64. The fraction of sp³-hybridized carbons (Fsp3) is 0.600. The molecule has 0 unspecified atom stereocenters. The molecule has 0 saturated carbocycles. The molecule has 1 N–H and O–H groups in total. The van der Waals surface area contributed by atoms with E-state index in [1.54, 1.807) is 21.3 Å². The largest absolute Gasteiger partial charge is 0.500 e. The molecule has 17 heavy (non-hydrogen) atoms. The molecule has 2 amide bonds. The van der Waals surface area contributed by atoms with Gasteiger partial charge in [0, 0.05) is 39.0 Å². The number of carbonyl (C=O) groups excluding carboxylic acids is 2. The van der Waals surface area contributed by atoms with E-state index < -0.39 is 8.80 Å². The summed E-state index contributed by atoms with van der Waals surface area (Å²) in [5, 5.41) is 2.20. The van der Waals surface area contributed by atoms with Crippen molar-refractivity contribution in [2.24, 2.45) is 0 Å². The van der Waals surface area contributed by atoms with Crippen molar-refractivity contribution in [1.29, 1.82) is 0 Å². The van der Waals surface area contributed by atoms with Gasteiger partial charge in [0.15, 0.2) is 0 Å². The van der Waals surface area contributed by atoms with Crippen molar-refractivity contribution in [2.75, 3.05) is 21.3 Å². The summed E-state index contributed by atoms with van der Waals surface area (Å²) in [6.45, 7) is 0. The average molecular weight is 259 g/mol. The maximum absolute atomic E-state index is 11.3. The molecule has 1 aliphatic heterocycles. The molecule has 0 aliphatic carbocycles. The normalized spacial score (nSPS) is 16.1. The lowest BCUT2D eigenvalue weighted by molar-refractivity contribution is -0.123. The van der Waals surface area contributed by atoms with E-state index in [0.717, 1.165) is 0 Å². The Morgan fingerprint density at radius 1 is 1.18 bits per heavy atom. The summed E-state index contributed by atoms with van der Waals surface area (Å²) in [7, 11) is 2.07. The summed E-state index contributed by atoms with van der Waals surface area (Å²) in [4.78, 5) is 22.2. The second kappa shape index (κ2) is 6.06. The zero-order chi connectivity index (χ0) is 12.9. The molecule has 6 nitrogen and oxygen atoms in total. The minimum Gasteiger partial charge on any atom is -0.377 e. The number of carbonyl (C=O) groups is 2. The third-order valence-corrected chi connectivity index (χ3v) is 5.53. The highest BCUT2D eigenvalue weighted by atomic mass is 28.4. The molecule has 0 atom stereocenters. The first-order valence-corrected chi connectivity index (χ1v) is 7.21. The Balaban J connectivity index is 2.44. The number of rotatable bonds is 7. The second-order valence-corrected chi connectivity index (χ2v) is 6.73. The van der Waals surface area contributed by atoms with Crippen molar-refractivity contribution in [3.05, 3.63) is 11.6 Å². The third kappa shape index (κ3) is 3.47. The van der Waals surface area contributed by atoms with E-state index in [9.17, 15) is 9.59 Å². The predicted octanol–water partition coefficient (Wildman–Crippen LogP) is 0.227. The first-order valence-electron chi connectivity index (χ1n) is 5.28. The number of amides is 2. The van der Waals surface area contributed by atoms with Crippen LogP contribution in [0.5, 0.6) is 0 Å². The van der Waals surface area contributed by atoms with Crippen LogP contribution in [-0.2, 0) is 22.9 Å². The van der Waals surface area contributed by atoms with Gasteiger partial charge < -0.3 is 13.3 Å². The summed E-state index contributed by atoms with van der Waals surface area (Å²) in [6.07, 6.45) is 2.52. The Morgan fingerprint density at radius 3 is 2.18 bits per heavy atom. The molecule has 1 aliphatic rings. The van der Waals surface area contributed by atoms with E-state index in [-0.39, 0.29) is 11.8 Å². The van der Waals surface area contributed by atoms with Gasteiger partial charge in [-0.05, 0) is 12.8 Å². The molecule has 0 radical (unpaired) electrons. The topological polar surface area (TPSA) is 73.9 Å². The highest BCUT2D eigenvalue weighted by molar-refractivity contribution is 6.60. The van der Waals surface area contributed by atoms with Crippen LogP contribution < -0.4 is 5.32 Å². The molecule has 1 rings (SSSR count). The number of imide groups is 1. The molecule has 0 aromatic rings. The standard InChI is InChI=1S/C10H17NO5Si/c1-14-17(15-2,16-3)6-4-5-8-7-9(12)11-10(8)13/h7H,4-6H2,1-3H3,(H,11,12,13). The van der Waals surface area contributed by atoms with E-state index in [4.69, 9.17) is 13.3 Å². The molecule has 0 aromatic heterocycles. The van der Waals surface area contributed by atoms with Gasteiger partial charge in [-0.25, -0.2) is 0 Å². The fourth-order valence-electron chi connectivity index (χ4n) is 1.69. The zero-order valence-corrected chi connectivity index (χ0v) is 11.2. The maximum Gasteiger partial charge on any atom is 0.500 e. The Bertz CT molecular complexity index is 329. The van der Waals surface area contributed by atoms with Gasteiger partial charge >= 0.3 is 8.80 Å². The van der Waals surface area contributed by atoms with Gasteiger partial charge in [-0.15, -0.1) is 0 Å². The van der Waals surface area contributed by atoms with Gasteiger partial charge in [-0.3, -0.25) is 14.9 Å². The predicted molar refractivity (Wildman–Crippen MR) is 62.1 cm³/mol. The summed E-state index contributed by atoms with van der Waals surface area (Å²) in [5.74, 6) is -0.659. The molecule has 1 heterocycles. The number of nitrogens with one attached hydrogen (secondary N) is 1. The number of hydrogen-bond acceptors (Lipinski definition) is 5. The van der Waals surface area contributed by atoms with Crippen LogP contribution in [0, 0.1) is 0 Å². The maximum atomic E-state index is 11.3. The minimum atomic E-state index is -2.57. The highest BCUT2D eigenvalue weighted by Gasteiger charge is 2.37. The lowest BCUT2D eigenvalue weighted by Crippen LogP contribution is -2.42. The van der Waals surface area contributed by atoms with Crippen molar-refractivity contribution < 1.29 is 22.9 Å². The molecular formula is C10H17NO5Si. The van der Waals surface area contributed by atoms with Gasteiger partial charge in [0.2, 0.25) is 0 Å². The first-order chi connectivity index (χ1) is 8.06. The summed E-state index contributed by atoms with van der Waals surface area (Å²) >= 11 is 0. The van der Waals surface area contributed by atoms with Gasteiger partial charge in [-0.2, -0.15) is 0 Å². The second-order valence-electron chi connectivity index (χ2n) is 3.64. The van der Waals surface area contributed by atoms with E-state index in [1.807, 2.05) is 0 Å². The van der Waals surface area contributed by atoms with Crippen molar-refractivity contribution in [2.45, 2.75) is 18.9 Å². The van der Waals surface area contributed by atoms with E-state index in [2.05, 4.69) is 5.32 Å². The van der Waals surface area contributed by atoms with Gasteiger partial charge in [0.1, 0.15) is 0 Å². The summed E-state index contributed by atoms with van der Waals surface area (Å²) < 4.78 is 15.8. The van der Waals surface area contributed by atoms with Gasteiger partial charge in [0.05, 0.1) is 0 Å². The molecular weight excluding hydrogens is 242 g/mol. The monoisotopic (exact) mass is 259 g/mol. The third-order valence-electron chi connectivity index (χ3n) is 2.70. The van der Waals surface area contributed by atoms with Crippen LogP contribution in [-0.4, -0.2) is 41.9 Å².